The molecule has 0 aliphatic carbocycles. The highest BCUT2D eigenvalue weighted by Crippen LogP contribution is 2.35. The van der Waals surface area contributed by atoms with Gasteiger partial charge in [0, 0.05) is 25.2 Å². The monoisotopic (exact) mass is 328 g/mol. The van der Waals surface area contributed by atoms with Gasteiger partial charge in [-0.15, -0.1) is 0 Å². The normalized spacial score (nSPS) is 17.3. The zero-order valence-electron chi connectivity index (χ0n) is 14.4. The van der Waals surface area contributed by atoms with Crippen molar-refractivity contribution in [3.05, 3.63) is 65.0 Å². The van der Waals surface area contributed by atoms with Gasteiger partial charge in [0.1, 0.15) is 11.6 Å². The number of hydrogen-bond acceptors (Lipinski definition) is 3. The first-order valence-electron chi connectivity index (χ1n) is 8.54. The third kappa shape index (κ3) is 3.77. The Morgan fingerprint density at radius 1 is 1.12 bits per heavy atom. The molecule has 1 atom stereocenters. The summed E-state index contributed by atoms with van der Waals surface area (Å²) in [6.45, 7) is 5.97. The fourth-order valence-electron chi connectivity index (χ4n) is 3.47. The van der Waals surface area contributed by atoms with E-state index in [-0.39, 0.29) is 11.9 Å². The molecule has 24 heavy (non-hydrogen) atoms. The maximum Gasteiger partial charge on any atom is 0.124 e. The molecule has 4 heteroatoms. The third-order valence-corrected chi connectivity index (χ3v) is 4.58. The summed E-state index contributed by atoms with van der Waals surface area (Å²) >= 11 is 0. The van der Waals surface area contributed by atoms with Gasteiger partial charge in [-0.3, -0.25) is 4.90 Å². The minimum atomic E-state index is -0.226. The number of nitrogens with one attached hydrogen (secondary N) is 1. The molecule has 2 aromatic carbocycles. The molecule has 0 saturated carbocycles. The summed E-state index contributed by atoms with van der Waals surface area (Å²) in [6, 6.07) is 13.3. The lowest BCUT2D eigenvalue weighted by atomic mass is 9.94. The van der Waals surface area contributed by atoms with Crippen LogP contribution in [0.2, 0.25) is 0 Å². The van der Waals surface area contributed by atoms with E-state index in [0.29, 0.717) is 0 Å². The summed E-state index contributed by atoms with van der Waals surface area (Å²) < 4.78 is 19.5. The highest BCUT2D eigenvalue weighted by molar-refractivity contribution is 5.43. The lowest BCUT2D eigenvalue weighted by Crippen LogP contribution is -2.33. The minimum absolute atomic E-state index is 0.00421. The van der Waals surface area contributed by atoms with Crippen LogP contribution >= 0.6 is 0 Å². The number of hydrogen-bond donors (Lipinski definition) is 1. The van der Waals surface area contributed by atoms with Gasteiger partial charge in [-0.25, -0.2) is 4.39 Å². The Hall–Kier alpha value is -1.91. The van der Waals surface area contributed by atoms with Crippen LogP contribution in [0.4, 0.5) is 4.39 Å². The molecule has 0 radical (unpaired) electrons. The lowest BCUT2D eigenvalue weighted by molar-refractivity contribution is 0.235. The molecule has 3 nitrogen and oxygen atoms in total. The predicted molar refractivity (Wildman–Crippen MR) is 95.0 cm³/mol. The second kappa shape index (κ2) is 7.77. The average Bonchev–Trinajstić information content (AvgIpc) is 2.85. The van der Waals surface area contributed by atoms with Crippen molar-refractivity contribution in [1.29, 1.82) is 0 Å². The highest BCUT2D eigenvalue weighted by Gasteiger charge is 2.26. The Labute approximate surface area is 143 Å². The average molecular weight is 328 g/mol. The Bertz CT molecular complexity index is 681. The number of halogens is 1. The number of benzene rings is 2. The van der Waals surface area contributed by atoms with E-state index in [1.165, 1.54) is 17.2 Å². The third-order valence-electron chi connectivity index (χ3n) is 4.58. The van der Waals surface area contributed by atoms with Gasteiger partial charge in [-0.1, -0.05) is 29.8 Å². The number of rotatable bonds is 4. The molecule has 1 fully saturated rings. The van der Waals surface area contributed by atoms with Gasteiger partial charge >= 0.3 is 0 Å². The van der Waals surface area contributed by atoms with Crippen LogP contribution in [-0.4, -0.2) is 38.2 Å². The molecule has 1 saturated heterocycles. The van der Waals surface area contributed by atoms with Gasteiger partial charge in [-0.2, -0.15) is 0 Å². The second-order valence-corrected chi connectivity index (χ2v) is 6.34. The maximum atomic E-state index is 14.0. The van der Waals surface area contributed by atoms with Crippen LogP contribution in [0.15, 0.2) is 42.5 Å². The largest absolute Gasteiger partial charge is 0.496 e. The van der Waals surface area contributed by atoms with E-state index in [1.807, 2.05) is 0 Å². The van der Waals surface area contributed by atoms with Crippen LogP contribution in [-0.2, 0) is 0 Å². The Morgan fingerprint density at radius 3 is 2.79 bits per heavy atom. The molecule has 1 N–H and O–H groups in total. The van der Waals surface area contributed by atoms with E-state index >= 15 is 0 Å². The predicted octanol–water partition coefficient (Wildman–Crippen LogP) is 3.53. The molecule has 0 spiro atoms. The summed E-state index contributed by atoms with van der Waals surface area (Å²) in [5.74, 6) is 0.511. The summed E-state index contributed by atoms with van der Waals surface area (Å²) in [5.41, 5.74) is 3.28. The molecule has 1 aliphatic rings. The summed E-state index contributed by atoms with van der Waals surface area (Å²) in [6.07, 6.45) is 1.08. The molecular formula is C20H25FN2O. The summed E-state index contributed by atoms with van der Waals surface area (Å²) in [5, 5.41) is 3.44. The van der Waals surface area contributed by atoms with E-state index in [1.54, 1.807) is 19.2 Å². The fourth-order valence-corrected chi connectivity index (χ4v) is 3.47. The molecule has 1 aliphatic heterocycles. The van der Waals surface area contributed by atoms with Crippen molar-refractivity contribution in [2.45, 2.75) is 19.4 Å². The SMILES string of the molecule is COc1ccc(F)cc1C(c1cccc(C)c1)N1CCCNCC1. The van der Waals surface area contributed by atoms with Crippen LogP contribution in [0.5, 0.6) is 5.75 Å². The van der Waals surface area contributed by atoms with Gasteiger partial charge in [0.25, 0.3) is 0 Å². The van der Waals surface area contributed by atoms with E-state index in [0.717, 1.165) is 43.9 Å². The summed E-state index contributed by atoms with van der Waals surface area (Å²) in [7, 11) is 1.65. The van der Waals surface area contributed by atoms with Crippen molar-refractivity contribution >= 4 is 0 Å². The first-order valence-corrected chi connectivity index (χ1v) is 8.54. The molecule has 0 amide bonds. The number of ether oxygens (including phenoxy) is 1. The van der Waals surface area contributed by atoms with E-state index < -0.39 is 0 Å². The van der Waals surface area contributed by atoms with Crippen molar-refractivity contribution < 1.29 is 9.13 Å². The lowest BCUT2D eigenvalue weighted by Gasteiger charge is -2.32. The Balaban J connectivity index is 2.09. The molecule has 2 aromatic rings. The number of methoxy groups -OCH3 is 1. The van der Waals surface area contributed by atoms with Crippen molar-refractivity contribution in [3.8, 4) is 5.75 Å². The van der Waals surface area contributed by atoms with Crippen LogP contribution in [0.25, 0.3) is 0 Å². The second-order valence-electron chi connectivity index (χ2n) is 6.34. The van der Waals surface area contributed by atoms with Gasteiger partial charge < -0.3 is 10.1 Å². The van der Waals surface area contributed by atoms with Crippen LogP contribution in [0.1, 0.15) is 29.2 Å². The van der Waals surface area contributed by atoms with E-state index in [9.17, 15) is 4.39 Å². The number of nitrogens with zero attached hydrogens (tertiary/aromatic N) is 1. The maximum absolute atomic E-state index is 14.0. The molecule has 0 aromatic heterocycles. The molecule has 128 valence electrons. The van der Waals surface area contributed by atoms with E-state index in [2.05, 4.69) is 41.4 Å². The van der Waals surface area contributed by atoms with Crippen molar-refractivity contribution in [2.24, 2.45) is 0 Å². The standard InChI is InChI=1S/C20H25FN2O/c1-15-5-3-6-16(13-15)20(23-11-4-9-22-10-12-23)18-14-17(21)7-8-19(18)24-2/h3,5-8,13-14,20,22H,4,9-12H2,1-2H3. The Morgan fingerprint density at radius 2 is 2.00 bits per heavy atom. The van der Waals surface area contributed by atoms with Gasteiger partial charge in [-0.05, 0) is 43.7 Å². The van der Waals surface area contributed by atoms with Crippen LogP contribution < -0.4 is 10.1 Å². The first kappa shape index (κ1) is 16.9. The number of aryl methyl sites for hydroxylation is 1. The van der Waals surface area contributed by atoms with Crippen molar-refractivity contribution in [3.63, 3.8) is 0 Å². The van der Waals surface area contributed by atoms with E-state index in [4.69, 9.17) is 4.74 Å². The first-order chi connectivity index (χ1) is 11.7. The van der Waals surface area contributed by atoms with Gasteiger partial charge in [0.05, 0.1) is 13.2 Å². The molecule has 0 bridgehead atoms. The molecule has 1 heterocycles. The zero-order valence-corrected chi connectivity index (χ0v) is 14.4. The smallest absolute Gasteiger partial charge is 0.124 e. The zero-order chi connectivity index (χ0) is 16.9. The van der Waals surface area contributed by atoms with Gasteiger partial charge in [0.2, 0.25) is 0 Å². The van der Waals surface area contributed by atoms with Crippen LogP contribution in [0, 0.1) is 12.7 Å². The minimum Gasteiger partial charge on any atom is -0.496 e. The molecule has 3 rings (SSSR count). The van der Waals surface area contributed by atoms with Crippen molar-refractivity contribution in [1.82, 2.24) is 10.2 Å². The molecule has 1 unspecified atom stereocenters. The van der Waals surface area contributed by atoms with Crippen molar-refractivity contribution in [2.75, 3.05) is 33.3 Å². The quantitative estimate of drug-likeness (QED) is 0.929. The highest BCUT2D eigenvalue weighted by atomic mass is 19.1. The summed E-state index contributed by atoms with van der Waals surface area (Å²) in [4.78, 5) is 2.42. The Kier molecular flexibility index (Phi) is 5.48. The topological polar surface area (TPSA) is 24.5 Å². The van der Waals surface area contributed by atoms with Gasteiger partial charge in [0.15, 0.2) is 0 Å². The van der Waals surface area contributed by atoms with Crippen LogP contribution in [0.3, 0.4) is 0 Å². The fraction of sp³-hybridized carbons (Fsp3) is 0.400. The molecular weight excluding hydrogens is 303 g/mol.